The van der Waals surface area contributed by atoms with E-state index in [9.17, 15) is 4.79 Å². The molecule has 136 valence electrons. The number of carbonyl (C=O) groups excluding carboxylic acids is 1. The predicted octanol–water partition coefficient (Wildman–Crippen LogP) is 0.782. The Morgan fingerprint density at radius 3 is 2.58 bits per heavy atom. The first-order valence-electron chi connectivity index (χ1n) is 8.91. The number of nitrogens with zero attached hydrogens (tertiary/aromatic N) is 7. The second-order valence-corrected chi connectivity index (χ2v) is 7.17. The molecule has 8 heteroatoms. The number of aromatic nitrogens is 4. The molecule has 1 aliphatic carbocycles. The van der Waals surface area contributed by atoms with Crippen LogP contribution in [-0.2, 0) is 12.8 Å². The van der Waals surface area contributed by atoms with E-state index in [0.29, 0.717) is 5.69 Å². The van der Waals surface area contributed by atoms with E-state index in [-0.39, 0.29) is 11.9 Å². The highest BCUT2D eigenvalue weighted by molar-refractivity contribution is 5.92. The van der Waals surface area contributed by atoms with Crippen LogP contribution in [0.4, 0.5) is 11.6 Å². The summed E-state index contributed by atoms with van der Waals surface area (Å²) in [5.74, 6) is 1.54. The van der Waals surface area contributed by atoms with Crippen molar-refractivity contribution >= 4 is 17.5 Å². The first kappa shape index (κ1) is 16.7. The van der Waals surface area contributed by atoms with Crippen molar-refractivity contribution in [2.24, 2.45) is 0 Å². The van der Waals surface area contributed by atoms with E-state index in [2.05, 4.69) is 31.4 Å². The van der Waals surface area contributed by atoms with Crippen LogP contribution in [0.2, 0.25) is 0 Å². The molecule has 26 heavy (non-hydrogen) atoms. The molecule has 0 radical (unpaired) electrons. The highest BCUT2D eigenvalue weighted by Gasteiger charge is 2.34. The molecule has 1 fully saturated rings. The van der Waals surface area contributed by atoms with Gasteiger partial charge < -0.3 is 14.7 Å². The van der Waals surface area contributed by atoms with Crippen LogP contribution in [0.25, 0.3) is 0 Å². The molecule has 2 aromatic heterocycles. The molecule has 1 amide bonds. The Labute approximate surface area is 152 Å². The maximum absolute atomic E-state index is 12.6. The zero-order valence-electron chi connectivity index (χ0n) is 15.4. The Bertz CT molecular complexity index is 815. The van der Waals surface area contributed by atoms with Crippen molar-refractivity contribution in [3.05, 3.63) is 35.2 Å². The Kier molecular flexibility index (Phi) is 4.18. The van der Waals surface area contributed by atoms with Crippen LogP contribution in [0.15, 0.2) is 18.2 Å². The molecule has 1 aliphatic heterocycles. The van der Waals surface area contributed by atoms with Crippen molar-refractivity contribution in [3.8, 4) is 0 Å². The normalized spacial score (nSPS) is 16.2. The molecular formula is C18H23N7O. The lowest BCUT2D eigenvalue weighted by Gasteiger charge is -2.44. The predicted molar refractivity (Wildman–Crippen MR) is 98.5 cm³/mol. The average molecular weight is 353 g/mol. The molecule has 0 unspecified atom stereocenters. The van der Waals surface area contributed by atoms with Gasteiger partial charge in [0.2, 0.25) is 0 Å². The number of hydrogen-bond acceptors (Lipinski definition) is 7. The van der Waals surface area contributed by atoms with E-state index in [0.717, 1.165) is 43.3 Å². The average Bonchev–Trinajstić information content (AvgIpc) is 3.07. The number of rotatable bonds is 4. The molecule has 0 N–H and O–H groups in total. The Morgan fingerprint density at radius 2 is 1.88 bits per heavy atom. The van der Waals surface area contributed by atoms with Gasteiger partial charge in [-0.15, -0.1) is 15.3 Å². The highest BCUT2D eigenvalue weighted by Crippen LogP contribution is 2.26. The van der Waals surface area contributed by atoms with Gasteiger partial charge in [-0.2, -0.15) is 5.10 Å². The monoisotopic (exact) mass is 353 g/mol. The Hall–Kier alpha value is -2.77. The van der Waals surface area contributed by atoms with Gasteiger partial charge in [0.15, 0.2) is 17.3 Å². The number of likely N-dealkylation sites (N-methyl/N-ethyl adjacent to an activating group) is 1. The number of aryl methyl sites for hydroxylation is 2. The minimum absolute atomic E-state index is 0.104. The van der Waals surface area contributed by atoms with Gasteiger partial charge in [-0.05, 0) is 43.0 Å². The van der Waals surface area contributed by atoms with E-state index >= 15 is 0 Å². The van der Waals surface area contributed by atoms with Crippen molar-refractivity contribution in [1.82, 2.24) is 25.3 Å². The summed E-state index contributed by atoms with van der Waals surface area (Å²) >= 11 is 0. The standard InChI is InChI=1S/C18H23N7O/c1-23(2)16-8-7-15(20-21-16)18(26)24(3)13-10-25(11-13)17-9-12-5-4-6-14(12)19-22-17/h7-9,13H,4-6,10-11H2,1-3H3. The second kappa shape index (κ2) is 6.51. The van der Waals surface area contributed by atoms with Gasteiger partial charge in [0, 0.05) is 34.2 Å². The van der Waals surface area contributed by atoms with Crippen LogP contribution in [0.1, 0.15) is 28.2 Å². The summed E-state index contributed by atoms with van der Waals surface area (Å²) in [6.07, 6.45) is 3.30. The molecule has 2 aromatic rings. The van der Waals surface area contributed by atoms with E-state index in [1.807, 2.05) is 26.0 Å². The fraction of sp³-hybridized carbons (Fsp3) is 0.500. The smallest absolute Gasteiger partial charge is 0.274 e. The van der Waals surface area contributed by atoms with Gasteiger partial charge in [-0.1, -0.05) is 0 Å². The van der Waals surface area contributed by atoms with Crippen LogP contribution in [0.3, 0.4) is 0 Å². The molecule has 2 aliphatic rings. The number of carbonyl (C=O) groups is 1. The SMILES string of the molecule is CN(C)c1ccc(C(=O)N(C)C2CN(c3cc4c(nn3)CCC4)C2)nn1. The lowest BCUT2D eigenvalue weighted by Crippen LogP contribution is -2.60. The van der Waals surface area contributed by atoms with Gasteiger partial charge in [0.1, 0.15) is 0 Å². The van der Waals surface area contributed by atoms with Gasteiger partial charge in [-0.3, -0.25) is 4.79 Å². The molecule has 4 rings (SSSR count). The molecule has 8 nitrogen and oxygen atoms in total. The largest absolute Gasteiger partial charge is 0.361 e. The van der Waals surface area contributed by atoms with Crippen LogP contribution < -0.4 is 9.80 Å². The fourth-order valence-electron chi connectivity index (χ4n) is 3.38. The zero-order valence-corrected chi connectivity index (χ0v) is 15.4. The van der Waals surface area contributed by atoms with E-state index < -0.39 is 0 Å². The first-order chi connectivity index (χ1) is 12.5. The maximum atomic E-state index is 12.6. The van der Waals surface area contributed by atoms with Crippen molar-refractivity contribution in [3.63, 3.8) is 0 Å². The molecular weight excluding hydrogens is 330 g/mol. The number of amides is 1. The minimum atomic E-state index is -0.104. The molecule has 3 heterocycles. The van der Waals surface area contributed by atoms with Crippen molar-refractivity contribution in [1.29, 1.82) is 0 Å². The second-order valence-electron chi connectivity index (χ2n) is 7.17. The summed E-state index contributed by atoms with van der Waals surface area (Å²) in [5.41, 5.74) is 2.82. The highest BCUT2D eigenvalue weighted by atomic mass is 16.2. The zero-order chi connectivity index (χ0) is 18.3. The van der Waals surface area contributed by atoms with Gasteiger partial charge in [0.05, 0.1) is 11.7 Å². The molecule has 1 saturated heterocycles. The van der Waals surface area contributed by atoms with Gasteiger partial charge in [-0.25, -0.2) is 0 Å². The summed E-state index contributed by atoms with van der Waals surface area (Å²) in [5, 5.41) is 16.8. The summed E-state index contributed by atoms with van der Waals surface area (Å²) in [7, 11) is 5.60. The summed E-state index contributed by atoms with van der Waals surface area (Å²) in [4.78, 5) is 18.4. The number of anilines is 2. The third-order valence-corrected chi connectivity index (χ3v) is 5.19. The number of hydrogen-bond donors (Lipinski definition) is 0. The lowest BCUT2D eigenvalue weighted by molar-refractivity contribution is 0.0698. The summed E-state index contributed by atoms with van der Waals surface area (Å²) < 4.78 is 0. The third-order valence-electron chi connectivity index (χ3n) is 5.19. The Balaban J connectivity index is 1.38. The van der Waals surface area contributed by atoms with Crippen LogP contribution in [-0.4, -0.2) is 71.5 Å². The molecule has 0 atom stereocenters. The van der Waals surface area contributed by atoms with Crippen LogP contribution >= 0.6 is 0 Å². The van der Waals surface area contributed by atoms with Crippen LogP contribution in [0.5, 0.6) is 0 Å². The fourth-order valence-corrected chi connectivity index (χ4v) is 3.38. The van der Waals surface area contributed by atoms with Gasteiger partial charge in [0.25, 0.3) is 5.91 Å². The van der Waals surface area contributed by atoms with E-state index in [4.69, 9.17) is 0 Å². The van der Waals surface area contributed by atoms with Crippen LogP contribution in [0, 0.1) is 0 Å². The first-order valence-corrected chi connectivity index (χ1v) is 8.91. The van der Waals surface area contributed by atoms with Crippen molar-refractivity contribution in [2.45, 2.75) is 25.3 Å². The summed E-state index contributed by atoms with van der Waals surface area (Å²) in [6, 6.07) is 5.83. The van der Waals surface area contributed by atoms with E-state index in [1.165, 1.54) is 12.0 Å². The van der Waals surface area contributed by atoms with Crippen molar-refractivity contribution in [2.75, 3.05) is 44.0 Å². The maximum Gasteiger partial charge on any atom is 0.274 e. The van der Waals surface area contributed by atoms with E-state index in [1.54, 1.807) is 17.0 Å². The molecule has 0 spiro atoms. The quantitative estimate of drug-likeness (QED) is 0.804. The van der Waals surface area contributed by atoms with Crippen molar-refractivity contribution < 1.29 is 4.79 Å². The van der Waals surface area contributed by atoms with Gasteiger partial charge >= 0.3 is 0 Å². The molecule has 0 aromatic carbocycles. The third kappa shape index (κ3) is 2.95. The topological polar surface area (TPSA) is 78.4 Å². The number of fused-ring (bicyclic) bond motifs is 1. The lowest BCUT2D eigenvalue weighted by atomic mass is 10.1. The molecule has 0 bridgehead atoms. The Morgan fingerprint density at radius 1 is 1.08 bits per heavy atom. The minimum Gasteiger partial charge on any atom is -0.361 e. The summed E-state index contributed by atoms with van der Waals surface area (Å²) in [6.45, 7) is 1.53. The molecule has 0 saturated carbocycles.